The van der Waals surface area contributed by atoms with Crippen LogP contribution in [0.3, 0.4) is 0 Å². The zero-order valence-electron chi connectivity index (χ0n) is 18.4. The van der Waals surface area contributed by atoms with Crippen LogP contribution in [0, 0.1) is 18.6 Å². The molecule has 0 spiro atoms. The van der Waals surface area contributed by atoms with E-state index in [-0.39, 0.29) is 5.69 Å². The van der Waals surface area contributed by atoms with Gasteiger partial charge < -0.3 is 9.84 Å². The second kappa shape index (κ2) is 8.79. The zero-order valence-corrected chi connectivity index (χ0v) is 19.2. The molecule has 170 valence electrons. The first-order valence-corrected chi connectivity index (χ1v) is 11.0. The number of thiocarbonyl (C=S) groups is 1. The molecule has 34 heavy (non-hydrogen) atoms. The number of anilines is 1. The van der Waals surface area contributed by atoms with Gasteiger partial charge in [0.25, 0.3) is 5.89 Å². The highest BCUT2D eigenvalue weighted by atomic mass is 32.1. The maximum absolute atomic E-state index is 14.0. The summed E-state index contributed by atoms with van der Waals surface area (Å²) >= 11 is 5.62. The summed E-state index contributed by atoms with van der Waals surface area (Å²) in [6.07, 6.45) is 0. The largest absolute Gasteiger partial charge is 0.351 e. The highest BCUT2D eigenvalue weighted by Crippen LogP contribution is 2.39. The van der Waals surface area contributed by atoms with E-state index >= 15 is 0 Å². The highest BCUT2D eigenvalue weighted by molar-refractivity contribution is 7.80. The Morgan fingerprint density at radius 1 is 0.941 bits per heavy atom. The summed E-state index contributed by atoms with van der Waals surface area (Å²) in [4.78, 5) is 6.24. The molecule has 0 radical (unpaired) electrons. The molecule has 1 N–H and O–H groups in total. The van der Waals surface area contributed by atoms with Gasteiger partial charge in [-0.15, -0.1) is 0 Å². The fourth-order valence-corrected chi connectivity index (χ4v) is 4.49. The molecule has 0 saturated carbocycles. The Morgan fingerprint density at radius 3 is 2.38 bits per heavy atom. The quantitative estimate of drug-likeness (QED) is 0.356. The van der Waals surface area contributed by atoms with Crippen LogP contribution in [0.2, 0.25) is 0 Å². The van der Waals surface area contributed by atoms with Gasteiger partial charge in [0.15, 0.2) is 5.11 Å². The number of aryl methyl sites for hydroxylation is 1. The normalized spacial score (nSPS) is 16.1. The van der Waals surface area contributed by atoms with E-state index in [1.165, 1.54) is 12.1 Å². The predicted molar refractivity (Wildman–Crippen MR) is 131 cm³/mol. The van der Waals surface area contributed by atoms with Crippen LogP contribution in [-0.2, 0) is 0 Å². The molecule has 1 atom stereocenters. The fourth-order valence-electron chi connectivity index (χ4n) is 4.13. The molecule has 5 rings (SSSR count). The molecule has 5 nitrogen and oxygen atoms in total. The molecule has 1 aliphatic rings. The van der Waals surface area contributed by atoms with E-state index in [0.29, 0.717) is 28.1 Å². The number of nitrogens with one attached hydrogen (secondary N) is 1. The van der Waals surface area contributed by atoms with Crippen LogP contribution in [0.1, 0.15) is 30.0 Å². The van der Waals surface area contributed by atoms with Crippen LogP contribution in [0.5, 0.6) is 0 Å². The van der Waals surface area contributed by atoms with Crippen LogP contribution in [0.15, 0.2) is 83.0 Å². The van der Waals surface area contributed by atoms with Crippen molar-refractivity contribution in [3.8, 4) is 11.4 Å². The molecular weight excluding hydrogens is 454 g/mol. The number of rotatable bonds is 4. The molecule has 1 unspecified atom stereocenters. The van der Waals surface area contributed by atoms with Crippen molar-refractivity contribution < 1.29 is 13.3 Å². The first-order valence-electron chi connectivity index (χ1n) is 10.6. The van der Waals surface area contributed by atoms with Crippen molar-refractivity contribution in [2.45, 2.75) is 19.9 Å². The third-order valence-electron chi connectivity index (χ3n) is 5.66. The van der Waals surface area contributed by atoms with Crippen LogP contribution in [0.25, 0.3) is 17.0 Å². The molecule has 0 fully saturated rings. The molecule has 1 aromatic heterocycles. The Bertz CT molecular complexity index is 1400. The molecule has 8 heteroatoms. The fraction of sp³-hybridized carbons (Fsp3) is 0.115. The van der Waals surface area contributed by atoms with E-state index in [1.807, 2.05) is 68.4 Å². The lowest BCUT2D eigenvalue weighted by atomic mass is 9.94. The van der Waals surface area contributed by atoms with Crippen molar-refractivity contribution in [1.82, 2.24) is 15.5 Å². The standard InChI is InChI=1S/C26H20F2N4OS/c1-15-7-6-10-18(11-15)24-30-25(33-31-24)22-16(2)32(21-13-19(27)12-20(28)14-21)26(34)29-23(22)17-8-4-3-5-9-17/h3-14,23H,1-2H3,(H,29,34). The van der Waals surface area contributed by atoms with Crippen LogP contribution >= 0.6 is 12.2 Å². The minimum absolute atomic E-state index is 0.259. The summed E-state index contributed by atoms with van der Waals surface area (Å²) in [5.41, 5.74) is 4.38. The van der Waals surface area contributed by atoms with E-state index in [1.54, 1.807) is 4.90 Å². The number of aromatic nitrogens is 2. The zero-order chi connectivity index (χ0) is 23.8. The lowest BCUT2D eigenvalue weighted by Gasteiger charge is -2.37. The maximum atomic E-state index is 14.0. The second-order valence-corrected chi connectivity index (χ2v) is 8.43. The van der Waals surface area contributed by atoms with Gasteiger partial charge >= 0.3 is 0 Å². The summed E-state index contributed by atoms with van der Waals surface area (Å²) in [6, 6.07) is 20.4. The summed E-state index contributed by atoms with van der Waals surface area (Å²) < 4.78 is 33.8. The lowest BCUT2D eigenvalue weighted by molar-refractivity contribution is 0.404. The molecule has 0 saturated heterocycles. The van der Waals surface area contributed by atoms with Gasteiger partial charge in [-0.25, -0.2) is 8.78 Å². The van der Waals surface area contributed by atoms with E-state index < -0.39 is 17.7 Å². The molecule has 0 amide bonds. The molecule has 3 aromatic carbocycles. The third-order valence-corrected chi connectivity index (χ3v) is 5.96. The van der Waals surface area contributed by atoms with E-state index in [9.17, 15) is 8.78 Å². The van der Waals surface area contributed by atoms with Crippen LogP contribution < -0.4 is 10.2 Å². The van der Waals surface area contributed by atoms with Crippen molar-refractivity contribution >= 4 is 28.6 Å². The van der Waals surface area contributed by atoms with E-state index in [4.69, 9.17) is 16.7 Å². The summed E-state index contributed by atoms with van der Waals surface area (Å²) in [5, 5.41) is 7.78. The average Bonchev–Trinajstić information content (AvgIpc) is 3.28. The molecule has 0 aliphatic carbocycles. The highest BCUT2D eigenvalue weighted by Gasteiger charge is 2.35. The first-order chi connectivity index (χ1) is 16.4. The molecule has 1 aliphatic heterocycles. The number of allylic oxidation sites excluding steroid dienone is 1. The predicted octanol–water partition coefficient (Wildman–Crippen LogP) is 6.19. The van der Waals surface area contributed by atoms with Crippen molar-refractivity contribution in [1.29, 1.82) is 0 Å². The number of hydrogen-bond donors (Lipinski definition) is 1. The van der Waals surface area contributed by atoms with E-state index in [2.05, 4.69) is 15.5 Å². The second-order valence-electron chi connectivity index (χ2n) is 8.05. The van der Waals surface area contributed by atoms with Gasteiger partial charge in [-0.05, 0) is 49.8 Å². The Morgan fingerprint density at radius 2 is 1.68 bits per heavy atom. The maximum Gasteiger partial charge on any atom is 0.258 e. The lowest BCUT2D eigenvalue weighted by Crippen LogP contribution is -2.46. The number of nitrogens with zero attached hydrogens (tertiary/aromatic N) is 3. The molecule has 4 aromatic rings. The molecule has 0 bridgehead atoms. The minimum atomic E-state index is -0.697. The summed E-state index contributed by atoms with van der Waals surface area (Å²) in [6.45, 7) is 3.81. The van der Waals surface area contributed by atoms with Gasteiger partial charge in [-0.1, -0.05) is 59.3 Å². The number of benzene rings is 3. The topological polar surface area (TPSA) is 54.2 Å². The van der Waals surface area contributed by atoms with Crippen molar-refractivity contribution in [2.75, 3.05) is 4.90 Å². The SMILES string of the molecule is CC1=C(c2nc(-c3cccc(C)c3)no2)C(c2ccccc2)NC(=S)N1c1cc(F)cc(F)c1. The smallest absolute Gasteiger partial charge is 0.258 e. The Balaban J connectivity index is 1.67. The third kappa shape index (κ3) is 4.08. The van der Waals surface area contributed by atoms with Gasteiger partial charge in [-0.3, -0.25) is 4.90 Å². The molecular formula is C26H20F2N4OS. The van der Waals surface area contributed by atoms with Crippen molar-refractivity contribution in [3.05, 3.63) is 107 Å². The monoisotopic (exact) mass is 474 g/mol. The Hall–Kier alpha value is -3.91. The van der Waals surface area contributed by atoms with Crippen LogP contribution in [-0.4, -0.2) is 15.3 Å². The molecule has 2 heterocycles. The average molecular weight is 475 g/mol. The van der Waals surface area contributed by atoms with Crippen molar-refractivity contribution in [3.63, 3.8) is 0 Å². The van der Waals surface area contributed by atoms with Gasteiger partial charge in [0.05, 0.1) is 17.3 Å². The van der Waals surface area contributed by atoms with Crippen LogP contribution in [0.4, 0.5) is 14.5 Å². The summed E-state index contributed by atoms with van der Waals surface area (Å²) in [5.74, 6) is -0.657. The first kappa shape index (κ1) is 21.9. The van der Waals surface area contributed by atoms with Gasteiger partial charge in [0.2, 0.25) is 5.82 Å². The number of halogens is 2. The summed E-state index contributed by atoms with van der Waals surface area (Å²) in [7, 11) is 0. The van der Waals surface area contributed by atoms with Crippen molar-refractivity contribution in [2.24, 2.45) is 0 Å². The Kier molecular flexibility index (Phi) is 5.67. The van der Waals surface area contributed by atoms with Gasteiger partial charge in [0.1, 0.15) is 11.6 Å². The Labute approximate surface area is 200 Å². The number of hydrogen-bond acceptors (Lipinski definition) is 4. The van der Waals surface area contributed by atoms with E-state index in [0.717, 1.165) is 22.8 Å². The van der Waals surface area contributed by atoms with Gasteiger partial charge in [-0.2, -0.15) is 4.98 Å². The minimum Gasteiger partial charge on any atom is -0.351 e. The van der Waals surface area contributed by atoms with Gasteiger partial charge in [0, 0.05) is 17.3 Å².